The maximum atomic E-state index is 9.92. The van der Waals surface area contributed by atoms with Crippen molar-refractivity contribution < 1.29 is 9.53 Å². The normalized spacial score (nSPS) is 17.7. The molecule has 0 saturated heterocycles. The fraction of sp³-hybridized carbons (Fsp3) is 0.182. The van der Waals surface area contributed by atoms with Gasteiger partial charge in [0, 0.05) is 6.42 Å². The van der Waals surface area contributed by atoms with Crippen LogP contribution in [0.5, 0.6) is 0 Å². The van der Waals surface area contributed by atoms with Crippen LogP contribution in [0, 0.1) is 0 Å². The van der Waals surface area contributed by atoms with Crippen LogP contribution in [0.25, 0.3) is 0 Å². The van der Waals surface area contributed by atoms with Gasteiger partial charge < -0.3 is 4.74 Å². The van der Waals surface area contributed by atoms with E-state index in [4.69, 9.17) is 0 Å². The molecule has 0 unspecified atom stereocenters. The van der Waals surface area contributed by atoms with Gasteiger partial charge in [0.15, 0.2) is 0 Å². The van der Waals surface area contributed by atoms with Crippen LogP contribution < -0.4 is 0 Å². The summed E-state index contributed by atoms with van der Waals surface area (Å²) in [5.41, 5.74) is 3.79. The van der Waals surface area contributed by atoms with E-state index >= 15 is 0 Å². The molecule has 0 aromatic heterocycles. The molecule has 2 aliphatic rings. The number of fused-ring (bicyclic) bond motifs is 1. The van der Waals surface area contributed by atoms with Crippen molar-refractivity contribution in [2.45, 2.75) is 6.42 Å². The Kier molecular flexibility index (Phi) is 2.13. The summed E-state index contributed by atoms with van der Waals surface area (Å²) in [6, 6.07) is 0. The molecule has 0 aliphatic heterocycles. The highest BCUT2D eigenvalue weighted by Crippen LogP contribution is 2.32. The van der Waals surface area contributed by atoms with Crippen LogP contribution >= 0.6 is 0 Å². The first-order chi connectivity index (χ1) is 6.42. The van der Waals surface area contributed by atoms with Crippen molar-refractivity contribution in [2.75, 3.05) is 6.61 Å². The molecule has 2 rings (SSSR count). The number of ether oxygens (including phenoxy) is 1. The number of carbonyl (C=O) groups is 1. The molecule has 0 heterocycles. The van der Waals surface area contributed by atoms with E-state index in [1.165, 1.54) is 16.7 Å². The first-order valence-electron chi connectivity index (χ1n) is 4.27. The third kappa shape index (κ3) is 1.47. The standard InChI is InChI=1S/C11H10O2/c12-8-13-7-6-10-5-4-9-2-1-3-11(9)10/h1-5,8H,6-7H2. The largest absolute Gasteiger partial charge is 0.468 e. The smallest absolute Gasteiger partial charge is 0.293 e. The Morgan fingerprint density at radius 1 is 1.31 bits per heavy atom. The van der Waals surface area contributed by atoms with Gasteiger partial charge in [0.1, 0.15) is 0 Å². The lowest BCUT2D eigenvalue weighted by molar-refractivity contribution is -0.128. The second-order valence-electron chi connectivity index (χ2n) is 2.97. The van der Waals surface area contributed by atoms with Crippen molar-refractivity contribution in [3.05, 3.63) is 47.1 Å². The average molecular weight is 174 g/mol. The average Bonchev–Trinajstić information content (AvgIpc) is 2.68. The Morgan fingerprint density at radius 2 is 2.23 bits per heavy atom. The summed E-state index contributed by atoms with van der Waals surface area (Å²) in [4.78, 5) is 9.92. The van der Waals surface area contributed by atoms with Crippen LogP contribution in [0.3, 0.4) is 0 Å². The highest BCUT2D eigenvalue weighted by molar-refractivity contribution is 5.64. The van der Waals surface area contributed by atoms with Gasteiger partial charge in [0.2, 0.25) is 0 Å². The molecule has 0 amide bonds. The van der Waals surface area contributed by atoms with Gasteiger partial charge in [0.05, 0.1) is 6.61 Å². The maximum Gasteiger partial charge on any atom is 0.293 e. The van der Waals surface area contributed by atoms with Crippen LogP contribution in [0.15, 0.2) is 47.1 Å². The van der Waals surface area contributed by atoms with Crippen molar-refractivity contribution in [1.29, 1.82) is 0 Å². The number of carbonyl (C=O) groups excluding carboxylic acids is 1. The van der Waals surface area contributed by atoms with Gasteiger partial charge in [-0.25, -0.2) is 0 Å². The van der Waals surface area contributed by atoms with E-state index in [-0.39, 0.29) is 0 Å². The highest BCUT2D eigenvalue weighted by atomic mass is 16.5. The van der Waals surface area contributed by atoms with Gasteiger partial charge in [-0.05, 0) is 16.7 Å². The molecule has 2 nitrogen and oxygen atoms in total. The Bertz CT molecular complexity index is 343. The van der Waals surface area contributed by atoms with Crippen molar-refractivity contribution in [2.24, 2.45) is 0 Å². The Balaban J connectivity index is 1.94. The molecule has 66 valence electrons. The number of hydrogen-bond acceptors (Lipinski definition) is 2. The third-order valence-corrected chi connectivity index (χ3v) is 2.22. The number of hydrogen-bond donors (Lipinski definition) is 0. The molecule has 0 aromatic carbocycles. The summed E-state index contributed by atoms with van der Waals surface area (Å²) < 4.78 is 4.65. The molecule has 0 radical (unpaired) electrons. The number of allylic oxidation sites excluding steroid dienone is 7. The van der Waals surface area contributed by atoms with Crippen LogP contribution in [-0.2, 0) is 9.53 Å². The molecule has 0 saturated carbocycles. The lowest BCUT2D eigenvalue weighted by atomic mass is 10.0. The summed E-state index contributed by atoms with van der Waals surface area (Å²) in [7, 11) is 0. The minimum atomic E-state index is 0.466. The molecule has 2 heteroatoms. The van der Waals surface area contributed by atoms with E-state index in [0.29, 0.717) is 13.1 Å². The maximum absolute atomic E-state index is 9.92. The zero-order valence-electron chi connectivity index (χ0n) is 7.19. The lowest BCUT2D eigenvalue weighted by Gasteiger charge is -2.03. The fourth-order valence-corrected chi connectivity index (χ4v) is 1.59. The second-order valence-corrected chi connectivity index (χ2v) is 2.97. The summed E-state index contributed by atoms with van der Waals surface area (Å²) in [6.45, 7) is 0.957. The van der Waals surface area contributed by atoms with Crippen LogP contribution in [0.2, 0.25) is 0 Å². The van der Waals surface area contributed by atoms with Gasteiger partial charge in [-0.15, -0.1) is 0 Å². The van der Waals surface area contributed by atoms with Crippen molar-refractivity contribution in [3.8, 4) is 0 Å². The molecule has 0 atom stereocenters. The first kappa shape index (κ1) is 8.05. The van der Waals surface area contributed by atoms with E-state index < -0.39 is 0 Å². The minimum Gasteiger partial charge on any atom is -0.468 e. The van der Waals surface area contributed by atoms with Crippen LogP contribution in [-0.4, -0.2) is 13.1 Å². The van der Waals surface area contributed by atoms with Crippen molar-refractivity contribution >= 4 is 6.47 Å². The molecule has 0 fully saturated rings. The van der Waals surface area contributed by atoms with Crippen LogP contribution in [0.1, 0.15) is 6.42 Å². The van der Waals surface area contributed by atoms with Gasteiger partial charge in [-0.2, -0.15) is 0 Å². The van der Waals surface area contributed by atoms with E-state index in [1.807, 2.05) is 6.08 Å². The highest BCUT2D eigenvalue weighted by Gasteiger charge is 2.15. The molecule has 0 aromatic rings. The van der Waals surface area contributed by atoms with Gasteiger partial charge in [0.25, 0.3) is 6.47 Å². The van der Waals surface area contributed by atoms with Gasteiger partial charge in [-0.1, -0.05) is 30.4 Å². The Hall–Kier alpha value is -1.57. The lowest BCUT2D eigenvalue weighted by Crippen LogP contribution is -1.94. The fourth-order valence-electron chi connectivity index (χ4n) is 1.59. The zero-order chi connectivity index (χ0) is 9.10. The summed E-state index contributed by atoms with van der Waals surface area (Å²) in [5, 5.41) is 0. The third-order valence-electron chi connectivity index (χ3n) is 2.22. The van der Waals surface area contributed by atoms with E-state index in [9.17, 15) is 4.79 Å². The summed E-state index contributed by atoms with van der Waals surface area (Å²) in [6.07, 6.45) is 11.2. The predicted octanol–water partition coefficient (Wildman–Crippen LogP) is 1.91. The SMILES string of the molecule is O=COCCC1=CC=C2C=CC=C21. The molecule has 0 bridgehead atoms. The quantitative estimate of drug-likeness (QED) is 0.480. The van der Waals surface area contributed by atoms with E-state index in [2.05, 4.69) is 29.0 Å². The predicted molar refractivity (Wildman–Crippen MR) is 50.0 cm³/mol. The monoisotopic (exact) mass is 174 g/mol. The van der Waals surface area contributed by atoms with E-state index in [1.54, 1.807) is 0 Å². The van der Waals surface area contributed by atoms with Crippen LogP contribution in [0.4, 0.5) is 0 Å². The Labute approximate surface area is 76.9 Å². The number of rotatable bonds is 4. The summed E-state index contributed by atoms with van der Waals surface area (Å²) >= 11 is 0. The first-order valence-corrected chi connectivity index (χ1v) is 4.27. The topological polar surface area (TPSA) is 26.3 Å². The van der Waals surface area contributed by atoms with Gasteiger partial charge >= 0.3 is 0 Å². The Morgan fingerprint density at radius 3 is 3.08 bits per heavy atom. The van der Waals surface area contributed by atoms with Crippen molar-refractivity contribution in [1.82, 2.24) is 0 Å². The van der Waals surface area contributed by atoms with E-state index in [0.717, 1.165) is 6.42 Å². The van der Waals surface area contributed by atoms with Gasteiger partial charge in [-0.3, -0.25) is 4.79 Å². The molecule has 13 heavy (non-hydrogen) atoms. The molecule has 0 spiro atoms. The minimum absolute atomic E-state index is 0.466. The summed E-state index contributed by atoms with van der Waals surface area (Å²) in [5.74, 6) is 0. The van der Waals surface area contributed by atoms with Crippen molar-refractivity contribution in [3.63, 3.8) is 0 Å². The molecule has 2 aliphatic carbocycles. The molecule has 0 N–H and O–H groups in total. The molecular weight excluding hydrogens is 164 g/mol. The second kappa shape index (κ2) is 3.44. The zero-order valence-corrected chi connectivity index (χ0v) is 7.19. The molecular formula is C11H10O2.